The molecule has 1 aromatic rings. The third-order valence-corrected chi connectivity index (χ3v) is 2.81. The van der Waals surface area contributed by atoms with Gasteiger partial charge in [-0.3, -0.25) is 9.59 Å². The predicted molar refractivity (Wildman–Crippen MR) is 87.8 cm³/mol. The van der Waals surface area contributed by atoms with Gasteiger partial charge in [0.25, 0.3) is 0 Å². The number of hydrogen-bond acceptors (Lipinski definition) is 5. The summed E-state index contributed by atoms with van der Waals surface area (Å²) in [5.41, 5.74) is 0.715. The molecule has 0 aliphatic heterocycles. The first-order valence-electron chi connectivity index (χ1n) is 6.95. The van der Waals surface area contributed by atoms with Crippen LogP contribution in [0.3, 0.4) is 0 Å². The number of esters is 1. The van der Waals surface area contributed by atoms with Crippen molar-refractivity contribution >= 4 is 34.9 Å². The summed E-state index contributed by atoms with van der Waals surface area (Å²) in [4.78, 5) is 22.6. The summed E-state index contributed by atoms with van der Waals surface area (Å²) >= 11 is 5.05. The highest BCUT2D eigenvalue weighted by atomic mass is 32.1. The number of carbonyl (C=O) groups is 2. The van der Waals surface area contributed by atoms with Crippen LogP contribution in [-0.2, 0) is 14.3 Å². The van der Waals surface area contributed by atoms with E-state index in [0.717, 1.165) is 12.2 Å². The lowest BCUT2D eigenvalue weighted by Crippen LogP contribution is -2.34. The molecular weight excluding hydrogens is 304 g/mol. The highest BCUT2D eigenvalue weighted by Crippen LogP contribution is 2.17. The third-order valence-electron chi connectivity index (χ3n) is 2.60. The van der Waals surface area contributed by atoms with Crippen LogP contribution in [0.5, 0.6) is 5.75 Å². The van der Waals surface area contributed by atoms with Crippen LogP contribution in [0.15, 0.2) is 24.3 Å². The van der Waals surface area contributed by atoms with Gasteiger partial charge in [-0.25, -0.2) is 0 Å². The van der Waals surface area contributed by atoms with Gasteiger partial charge in [0.2, 0.25) is 5.91 Å². The smallest absolute Gasteiger partial charge is 0.306 e. The van der Waals surface area contributed by atoms with Gasteiger partial charge in [-0.05, 0) is 30.8 Å². The molecule has 0 heterocycles. The van der Waals surface area contributed by atoms with Crippen molar-refractivity contribution in [1.82, 2.24) is 5.32 Å². The topological polar surface area (TPSA) is 76.7 Å². The van der Waals surface area contributed by atoms with Crippen molar-refractivity contribution in [1.29, 1.82) is 0 Å². The van der Waals surface area contributed by atoms with Crippen molar-refractivity contribution in [2.75, 3.05) is 19.0 Å². The highest BCUT2D eigenvalue weighted by Gasteiger charge is 2.08. The van der Waals surface area contributed by atoms with Crippen molar-refractivity contribution in [2.45, 2.75) is 26.2 Å². The fourth-order valence-electron chi connectivity index (χ4n) is 1.55. The maximum atomic E-state index is 11.6. The van der Waals surface area contributed by atoms with Crippen LogP contribution >= 0.6 is 12.2 Å². The minimum atomic E-state index is -0.435. The molecule has 0 atom stereocenters. The number of methoxy groups -OCH3 is 1. The summed E-state index contributed by atoms with van der Waals surface area (Å²) in [6, 6.07) is 7.28. The van der Waals surface area contributed by atoms with E-state index in [1.54, 1.807) is 6.07 Å². The Kier molecular flexibility index (Phi) is 7.91. The zero-order valence-electron chi connectivity index (χ0n) is 12.7. The van der Waals surface area contributed by atoms with E-state index in [1.165, 1.54) is 7.11 Å². The van der Waals surface area contributed by atoms with E-state index in [9.17, 15) is 9.59 Å². The van der Waals surface area contributed by atoms with E-state index in [-0.39, 0.29) is 23.9 Å². The predicted octanol–water partition coefficient (Wildman–Crippen LogP) is 2.24. The summed E-state index contributed by atoms with van der Waals surface area (Å²) < 4.78 is 9.98. The van der Waals surface area contributed by atoms with Crippen molar-refractivity contribution in [2.24, 2.45) is 0 Å². The second-order valence-electron chi connectivity index (χ2n) is 4.45. The number of nitrogens with one attached hydrogen (secondary N) is 2. The quantitative estimate of drug-likeness (QED) is 0.592. The number of thiocarbonyl (C=S) groups is 1. The summed E-state index contributed by atoms with van der Waals surface area (Å²) in [5.74, 6) is -0.0530. The zero-order valence-corrected chi connectivity index (χ0v) is 13.5. The van der Waals surface area contributed by atoms with E-state index in [1.807, 2.05) is 25.1 Å². The van der Waals surface area contributed by atoms with Crippen molar-refractivity contribution in [3.63, 3.8) is 0 Å². The average Bonchev–Trinajstić information content (AvgIpc) is 2.50. The van der Waals surface area contributed by atoms with Crippen LogP contribution in [0, 0.1) is 0 Å². The van der Waals surface area contributed by atoms with Crippen molar-refractivity contribution < 1.29 is 19.1 Å². The molecule has 2 N–H and O–H groups in total. The van der Waals surface area contributed by atoms with E-state index in [4.69, 9.17) is 17.0 Å². The number of hydrogen-bond donors (Lipinski definition) is 2. The molecule has 1 rings (SSSR count). The Labute approximate surface area is 135 Å². The Hall–Kier alpha value is -2.15. The Morgan fingerprint density at radius 2 is 2.05 bits per heavy atom. The second kappa shape index (κ2) is 9.73. The van der Waals surface area contributed by atoms with Gasteiger partial charge in [0.1, 0.15) is 5.75 Å². The van der Waals surface area contributed by atoms with Gasteiger partial charge in [0, 0.05) is 18.2 Å². The number of anilines is 1. The molecule has 1 amide bonds. The number of carbonyl (C=O) groups excluding carboxylic acids is 2. The standard InChI is InChI=1S/C15H20N2O4S/c1-3-9-21-12-6-4-5-11(10-12)16-15(22)17-13(18)7-8-14(19)20-2/h4-6,10H,3,7-9H2,1-2H3,(H2,16,17,18,22). The summed E-state index contributed by atoms with van der Waals surface area (Å²) in [7, 11) is 1.28. The van der Waals surface area contributed by atoms with Gasteiger partial charge in [-0.2, -0.15) is 0 Å². The molecule has 0 fully saturated rings. The van der Waals surface area contributed by atoms with Crippen LogP contribution in [0.25, 0.3) is 0 Å². The Morgan fingerprint density at radius 3 is 2.73 bits per heavy atom. The molecule has 6 nitrogen and oxygen atoms in total. The van der Waals surface area contributed by atoms with Crippen LogP contribution in [-0.4, -0.2) is 30.7 Å². The molecule has 22 heavy (non-hydrogen) atoms. The van der Waals surface area contributed by atoms with Crippen molar-refractivity contribution in [3.8, 4) is 5.75 Å². The van der Waals surface area contributed by atoms with Crippen LogP contribution in [0.1, 0.15) is 26.2 Å². The van der Waals surface area contributed by atoms with E-state index < -0.39 is 5.97 Å². The van der Waals surface area contributed by atoms with E-state index in [0.29, 0.717) is 12.3 Å². The lowest BCUT2D eigenvalue weighted by Gasteiger charge is -2.11. The molecule has 0 bridgehead atoms. The summed E-state index contributed by atoms with van der Waals surface area (Å²) in [6.45, 7) is 2.67. The second-order valence-corrected chi connectivity index (χ2v) is 4.86. The Morgan fingerprint density at radius 1 is 1.27 bits per heavy atom. The molecule has 7 heteroatoms. The van der Waals surface area contributed by atoms with Crippen molar-refractivity contribution in [3.05, 3.63) is 24.3 Å². The normalized spacial score (nSPS) is 9.73. The van der Waals surface area contributed by atoms with E-state index >= 15 is 0 Å². The molecule has 0 spiro atoms. The summed E-state index contributed by atoms with van der Waals surface area (Å²) in [5, 5.41) is 5.57. The zero-order chi connectivity index (χ0) is 16.4. The highest BCUT2D eigenvalue weighted by molar-refractivity contribution is 7.80. The average molecular weight is 324 g/mol. The molecule has 120 valence electrons. The van der Waals surface area contributed by atoms with E-state index in [2.05, 4.69) is 15.4 Å². The first-order valence-corrected chi connectivity index (χ1v) is 7.36. The number of amides is 1. The monoisotopic (exact) mass is 324 g/mol. The number of benzene rings is 1. The lowest BCUT2D eigenvalue weighted by molar-refractivity contribution is -0.142. The third kappa shape index (κ3) is 7.03. The fraction of sp³-hybridized carbons (Fsp3) is 0.400. The molecule has 0 saturated carbocycles. The largest absolute Gasteiger partial charge is 0.494 e. The number of rotatable bonds is 7. The van der Waals surface area contributed by atoms with Gasteiger partial charge in [-0.1, -0.05) is 13.0 Å². The van der Waals surface area contributed by atoms with Gasteiger partial charge in [0.15, 0.2) is 5.11 Å². The first kappa shape index (κ1) is 17.9. The minimum absolute atomic E-state index is 0.0191. The first-order chi connectivity index (χ1) is 10.5. The minimum Gasteiger partial charge on any atom is -0.494 e. The number of ether oxygens (including phenoxy) is 2. The lowest BCUT2D eigenvalue weighted by atomic mass is 10.3. The van der Waals surface area contributed by atoms with Gasteiger partial charge < -0.3 is 20.1 Å². The summed E-state index contributed by atoms with van der Waals surface area (Å²) in [6.07, 6.45) is 0.964. The van der Waals surface area contributed by atoms with Gasteiger partial charge in [0.05, 0.1) is 20.1 Å². The SMILES string of the molecule is CCCOc1cccc(NC(=S)NC(=O)CCC(=O)OC)c1. The molecule has 0 aliphatic rings. The van der Waals surface area contributed by atoms with Crippen LogP contribution < -0.4 is 15.4 Å². The Bertz CT molecular complexity index is 534. The fourth-order valence-corrected chi connectivity index (χ4v) is 1.78. The maximum absolute atomic E-state index is 11.6. The van der Waals surface area contributed by atoms with Gasteiger partial charge >= 0.3 is 5.97 Å². The molecule has 0 aliphatic carbocycles. The van der Waals surface area contributed by atoms with Crippen LogP contribution in [0.4, 0.5) is 5.69 Å². The molecule has 1 aromatic carbocycles. The molecule has 0 saturated heterocycles. The maximum Gasteiger partial charge on any atom is 0.306 e. The molecular formula is C15H20N2O4S. The Balaban J connectivity index is 2.44. The van der Waals surface area contributed by atoms with Crippen LogP contribution in [0.2, 0.25) is 0 Å². The molecule has 0 aromatic heterocycles. The molecule has 0 radical (unpaired) electrons. The van der Waals surface area contributed by atoms with Gasteiger partial charge in [-0.15, -0.1) is 0 Å². The molecule has 0 unspecified atom stereocenters.